The first-order valence-corrected chi connectivity index (χ1v) is 3.86. The molecule has 0 aliphatic rings. The Balaban J connectivity index is 2.95. The summed E-state index contributed by atoms with van der Waals surface area (Å²) in [4.78, 5) is 3.62. The zero-order valence-corrected chi connectivity index (χ0v) is 7.30. The molecule has 0 atom stereocenters. The second-order valence-electron chi connectivity index (χ2n) is 2.74. The summed E-state index contributed by atoms with van der Waals surface area (Å²) in [6.07, 6.45) is -3.58. The molecule has 0 fully saturated rings. The van der Waals surface area contributed by atoms with Gasteiger partial charge in [0.1, 0.15) is 0 Å². The number of hydrogen-bond acceptors (Lipinski definition) is 2. The Morgan fingerprint density at radius 2 is 2.07 bits per heavy atom. The lowest BCUT2D eigenvalue weighted by Crippen LogP contribution is -2.07. The maximum absolute atomic E-state index is 12.1. The minimum atomic E-state index is -4.35. The molecule has 14 heavy (non-hydrogen) atoms. The van der Waals surface area contributed by atoms with E-state index in [1.54, 1.807) is 0 Å². The Kier molecular flexibility index (Phi) is 2.90. The molecule has 1 aromatic rings. The smallest absolute Gasteiger partial charge is 0.326 e. The SMILES string of the molecule is C=C(CN)c1ccc(C(F)(F)F)cn1. The lowest BCUT2D eigenvalue weighted by molar-refractivity contribution is -0.137. The largest absolute Gasteiger partial charge is 0.417 e. The van der Waals surface area contributed by atoms with E-state index < -0.39 is 11.7 Å². The highest BCUT2D eigenvalue weighted by Gasteiger charge is 2.30. The summed E-state index contributed by atoms with van der Waals surface area (Å²) < 4.78 is 36.3. The first-order chi connectivity index (χ1) is 6.45. The van der Waals surface area contributed by atoms with Crippen molar-refractivity contribution in [1.29, 1.82) is 0 Å². The third-order valence-corrected chi connectivity index (χ3v) is 1.70. The molecule has 0 bridgehead atoms. The molecule has 1 heterocycles. The Morgan fingerprint density at radius 1 is 1.43 bits per heavy atom. The van der Waals surface area contributed by atoms with E-state index in [4.69, 9.17) is 5.73 Å². The Bertz CT molecular complexity index is 327. The Hall–Kier alpha value is -1.36. The van der Waals surface area contributed by atoms with Crippen molar-refractivity contribution in [3.63, 3.8) is 0 Å². The van der Waals surface area contributed by atoms with E-state index in [0.29, 0.717) is 11.3 Å². The zero-order valence-electron chi connectivity index (χ0n) is 7.30. The summed E-state index contributed by atoms with van der Waals surface area (Å²) in [6.45, 7) is 3.75. The Morgan fingerprint density at radius 3 is 2.43 bits per heavy atom. The molecule has 5 heteroatoms. The van der Waals surface area contributed by atoms with Crippen LogP contribution in [0.25, 0.3) is 5.57 Å². The monoisotopic (exact) mass is 202 g/mol. The summed E-state index contributed by atoms with van der Waals surface area (Å²) in [5.41, 5.74) is 5.40. The molecule has 0 amide bonds. The summed E-state index contributed by atoms with van der Waals surface area (Å²) in [6, 6.07) is 2.22. The minimum Gasteiger partial charge on any atom is -0.326 e. The zero-order chi connectivity index (χ0) is 10.8. The van der Waals surface area contributed by atoms with Crippen LogP contribution in [0.3, 0.4) is 0 Å². The highest BCUT2D eigenvalue weighted by molar-refractivity contribution is 5.61. The number of nitrogens with zero attached hydrogens (tertiary/aromatic N) is 1. The number of halogens is 3. The van der Waals surface area contributed by atoms with Gasteiger partial charge in [0, 0.05) is 12.7 Å². The van der Waals surface area contributed by atoms with Gasteiger partial charge < -0.3 is 5.73 Å². The fraction of sp³-hybridized carbons (Fsp3) is 0.222. The highest BCUT2D eigenvalue weighted by Crippen LogP contribution is 2.28. The number of pyridine rings is 1. The van der Waals surface area contributed by atoms with Crippen molar-refractivity contribution in [2.75, 3.05) is 6.54 Å². The molecule has 76 valence electrons. The van der Waals surface area contributed by atoms with Crippen LogP contribution < -0.4 is 5.73 Å². The number of alkyl halides is 3. The quantitative estimate of drug-likeness (QED) is 0.797. The van der Waals surface area contributed by atoms with Crippen molar-refractivity contribution in [2.24, 2.45) is 5.73 Å². The van der Waals surface area contributed by atoms with Crippen LogP contribution in [0.4, 0.5) is 13.2 Å². The fourth-order valence-corrected chi connectivity index (χ4v) is 0.875. The fourth-order valence-electron chi connectivity index (χ4n) is 0.875. The summed E-state index contributed by atoms with van der Waals surface area (Å²) >= 11 is 0. The third kappa shape index (κ3) is 2.32. The average molecular weight is 202 g/mol. The van der Waals surface area contributed by atoms with Crippen LogP contribution in [-0.2, 0) is 6.18 Å². The van der Waals surface area contributed by atoms with Gasteiger partial charge in [-0.2, -0.15) is 13.2 Å². The molecule has 0 aromatic carbocycles. The molecule has 0 spiro atoms. The second-order valence-corrected chi connectivity index (χ2v) is 2.74. The summed E-state index contributed by atoms with van der Waals surface area (Å²) in [7, 11) is 0. The van der Waals surface area contributed by atoms with Crippen LogP contribution in [-0.4, -0.2) is 11.5 Å². The molecule has 0 unspecified atom stereocenters. The van der Waals surface area contributed by atoms with Gasteiger partial charge in [0.05, 0.1) is 11.3 Å². The number of aromatic nitrogens is 1. The van der Waals surface area contributed by atoms with Gasteiger partial charge in [-0.15, -0.1) is 0 Å². The van der Waals surface area contributed by atoms with Gasteiger partial charge in [0.25, 0.3) is 0 Å². The van der Waals surface area contributed by atoms with E-state index in [2.05, 4.69) is 11.6 Å². The minimum absolute atomic E-state index is 0.179. The molecule has 0 saturated carbocycles. The van der Waals surface area contributed by atoms with Gasteiger partial charge in [0.2, 0.25) is 0 Å². The van der Waals surface area contributed by atoms with Crippen molar-refractivity contribution >= 4 is 5.57 Å². The van der Waals surface area contributed by atoms with Crippen LogP contribution in [0, 0.1) is 0 Å². The van der Waals surface area contributed by atoms with E-state index in [1.807, 2.05) is 0 Å². The van der Waals surface area contributed by atoms with Gasteiger partial charge in [-0.3, -0.25) is 4.98 Å². The van der Waals surface area contributed by atoms with E-state index >= 15 is 0 Å². The molecule has 1 rings (SSSR count). The maximum Gasteiger partial charge on any atom is 0.417 e. The van der Waals surface area contributed by atoms with Gasteiger partial charge in [-0.25, -0.2) is 0 Å². The van der Waals surface area contributed by atoms with Crippen LogP contribution in [0.5, 0.6) is 0 Å². The number of hydrogen-bond donors (Lipinski definition) is 1. The van der Waals surface area contributed by atoms with E-state index in [9.17, 15) is 13.2 Å². The molecule has 2 N–H and O–H groups in total. The van der Waals surface area contributed by atoms with Gasteiger partial charge in [0.15, 0.2) is 0 Å². The molecule has 1 aromatic heterocycles. The first kappa shape index (κ1) is 10.7. The van der Waals surface area contributed by atoms with E-state index in [1.165, 1.54) is 6.07 Å². The maximum atomic E-state index is 12.1. The van der Waals surface area contributed by atoms with Crippen molar-refractivity contribution < 1.29 is 13.2 Å². The molecule has 0 radical (unpaired) electrons. The normalized spacial score (nSPS) is 11.4. The second kappa shape index (κ2) is 3.79. The molecule has 0 aliphatic heterocycles. The van der Waals surface area contributed by atoms with Gasteiger partial charge >= 0.3 is 6.18 Å². The lowest BCUT2D eigenvalue weighted by atomic mass is 10.1. The average Bonchev–Trinajstić information content (AvgIpc) is 2.15. The third-order valence-electron chi connectivity index (χ3n) is 1.70. The van der Waals surface area contributed by atoms with E-state index in [0.717, 1.165) is 12.3 Å². The van der Waals surface area contributed by atoms with Crippen LogP contribution >= 0.6 is 0 Å². The predicted molar refractivity (Wildman–Crippen MR) is 47.3 cm³/mol. The van der Waals surface area contributed by atoms with Crippen LogP contribution in [0.15, 0.2) is 24.9 Å². The Labute approximate surface area is 79.3 Å². The number of rotatable bonds is 2. The lowest BCUT2D eigenvalue weighted by Gasteiger charge is -2.07. The molecular formula is C9H9F3N2. The van der Waals surface area contributed by atoms with Crippen molar-refractivity contribution in [3.05, 3.63) is 36.2 Å². The molecule has 0 saturated heterocycles. The van der Waals surface area contributed by atoms with Crippen molar-refractivity contribution in [3.8, 4) is 0 Å². The van der Waals surface area contributed by atoms with E-state index in [-0.39, 0.29) is 6.54 Å². The highest BCUT2D eigenvalue weighted by atomic mass is 19.4. The number of nitrogens with two attached hydrogens (primary N) is 1. The first-order valence-electron chi connectivity index (χ1n) is 3.86. The summed E-state index contributed by atoms with van der Waals surface area (Å²) in [5, 5.41) is 0. The standard InChI is InChI=1S/C9H9F3N2/c1-6(4-13)8-3-2-7(5-14-8)9(10,11)12/h2-3,5H,1,4,13H2. The van der Waals surface area contributed by atoms with Gasteiger partial charge in [-0.05, 0) is 17.7 Å². The van der Waals surface area contributed by atoms with Crippen LogP contribution in [0.1, 0.15) is 11.3 Å². The molecule has 2 nitrogen and oxygen atoms in total. The summed E-state index contributed by atoms with van der Waals surface area (Å²) in [5.74, 6) is 0. The van der Waals surface area contributed by atoms with Crippen molar-refractivity contribution in [1.82, 2.24) is 4.98 Å². The van der Waals surface area contributed by atoms with Crippen LogP contribution in [0.2, 0.25) is 0 Å². The van der Waals surface area contributed by atoms with Crippen molar-refractivity contribution in [2.45, 2.75) is 6.18 Å². The predicted octanol–water partition coefficient (Wildman–Crippen LogP) is 2.07. The molecule has 0 aliphatic carbocycles. The topological polar surface area (TPSA) is 38.9 Å². The van der Waals surface area contributed by atoms with Gasteiger partial charge in [-0.1, -0.05) is 6.58 Å². The molecular weight excluding hydrogens is 193 g/mol.